The molecule has 0 saturated carbocycles. The molecule has 0 aliphatic carbocycles. The Morgan fingerprint density at radius 3 is 2.11 bits per heavy atom. The summed E-state index contributed by atoms with van der Waals surface area (Å²) in [6, 6.07) is 0. The monoisotopic (exact) mass is 411 g/mol. The Hall–Kier alpha value is -0.833. The van der Waals surface area contributed by atoms with E-state index in [1.807, 2.05) is 0 Å². The lowest BCUT2D eigenvalue weighted by Gasteiger charge is -2.38. The van der Waals surface area contributed by atoms with E-state index in [4.69, 9.17) is 10.8 Å². The lowest BCUT2D eigenvalue weighted by molar-refractivity contribution is -0.128. The number of aliphatic hydroxyl groups excluding tert-OH is 1. The number of amides is 1. The smallest absolute Gasteiger partial charge is 0.248 e. The molecule has 0 bridgehead atoms. The van der Waals surface area contributed by atoms with Gasteiger partial charge in [0.15, 0.2) is 8.32 Å². The van der Waals surface area contributed by atoms with Crippen molar-refractivity contribution < 1.29 is 14.3 Å². The SMILES string of the molecule is C#CCNC(=O)[C@@H](CCCCC[C@H](O)CCCCCC)O[Si](C)(C)C(C)(C)C. The van der Waals surface area contributed by atoms with Crippen LogP contribution in [-0.2, 0) is 9.22 Å². The maximum atomic E-state index is 12.5. The van der Waals surface area contributed by atoms with Gasteiger partial charge in [-0.1, -0.05) is 78.6 Å². The normalized spacial score (nSPS) is 14.4. The number of rotatable bonds is 15. The Balaban J connectivity index is 4.39. The number of unbranched alkanes of at least 4 members (excludes halogenated alkanes) is 5. The van der Waals surface area contributed by atoms with Crippen LogP contribution in [0.1, 0.15) is 91.9 Å². The second kappa shape index (κ2) is 14.2. The molecule has 0 unspecified atom stereocenters. The van der Waals surface area contributed by atoms with Crippen LogP contribution in [0.15, 0.2) is 0 Å². The number of carbonyl (C=O) groups is 1. The molecule has 0 spiro atoms. The maximum absolute atomic E-state index is 12.5. The molecule has 0 aromatic heterocycles. The lowest BCUT2D eigenvalue weighted by atomic mass is 10.0. The first-order chi connectivity index (χ1) is 13.0. The summed E-state index contributed by atoms with van der Waals surface area (Å²) in [5.41, 5.74) is 0. The van der Waals surface area contributed by atoms with Crippen LogP contribution in [-0.4, -0.2) is 38.1 Å². The van der Waals surface area contributed by atoms with E-state index in [9.17, 15) is 9.90 Å². The Morgan fingerprint density at radius 2 is 1.61 bits per heavy atom. The van der Waals surface area contributed by atoms with Crippen molar-refractivity contribution in [3.8, 4) is 12.3 Å². The third kappa shape index (κ3) is 11.9. The molecule has 2 atom stereocenters. The van der Waals surface area contributed by atoms with E-state index in [1.165, 1.54) is 19.3 Å². The van der Waals surface area contributed by atoms with Crippen molar-refractivity contribution in [2.75, 3.05) is 6.54 Å². The van der Waals surface area contributed by atoms with Gasteiger partial charge in [-0.3, -0.25) is 4.79 Å². The minimum atomic E-state index is -2.03. The summed E-state index contributed by atoms with van der Waals surface area (Å²) in [6.45, 7) is 13.3. The summed E-state index contributed by atoms with van der Waals surface area (Å²) in [4.78, 5) is 12.5. The zero-order chi connectivity index (χ0) is 21.6. The molecule has 1 amide bonds. The fourth-order valence-corrected chi connectivity index (χ4v) is 4.16. The van der Waals surface area contributed by atoms with Crippen molar-refractivity contribution in [1.29, 1.82) is 0 Å². The van der Waals surface area contributed by atoms with Gasteiger partial charge in [0, 0.05) is 0 Å². The first-order valence-corrected chi connectivity index (χ1v) is 14.0. The first kappa shape index (κ1) is 27.2. The minimum Gasteiger partial charge on any atom is -0.405 e. The highest BCUT2D eigenvalue weighted by Gasteiger charge is 2.40. The van der Waals surface area contributed by atoms with E-state index in [2.05, 4.69) is 52.0 Å². The summed E-state index contributed by atoms with van der Waals surface area (Å²) < 4.78 is 6.37. The number of hydrogen-bond acceptors (Lipinski definition) is 3. The molecular formula is C23H45NO3Si. The second-order valence-corrected chi connectivity index (χ2v) is 14.2. The van der Waals surface area contributed by atoms with Crippen molar-refractivity contribution in [3.05, 3.63) is 0 Å². The topological polar surface area (TPSA) is 58.6 Å². The van der Waals surface area contributed by atoms with Gasteiger partial charge >= 0.3 is 0 Å². The third-order valence-corrected chi connectivity index (χ3v) is 10.3. The zero-order valence-corrected chi connectivity index (χ0v) is 20.3. The van der Waals surface area contributed by atoms with Crippen molar-refractivity contribution >= 4 is 14.2 Å². The molecular weight excluding hydrogens is 366 g/mol. The second-order valence-electron chi connectivity index (χ2n) is 9.43. The number of aliphatic hydroxyl groups is 1. The average molecular weight is 412 g/mol. The minimum absolute atomic E-state index is 0.0551. The average Bonchev–Trinajstić information content (AvgIpc) is 2.60. The molecule has 2 N–H and O–H groups in total. The largest absolute Gasteiger partial charge is 0.405 e. The van der Waals surface area contributed by atoms with Crippen LogP contribution >= 0.6 is 0 Å². The molecule has 0 saturated heterocycles. The Labute approximate surface area is 175 Å². The van der Waals surface area contributed by atoms with Crippen LogP contribution in [0.4, 0.5) is 0 Å². The van der Waals surface area contributed by atoms with E-state index in [-0.39, 0.29) is 23.6 Å². The van der Waals surface area contributed by atoms with Gasteiger partial charge in [-0.25, -0.2) is 0 Å². The molecule has 0 heterocycles. The molecule has 0 aliphatic rings. The van der Waals surface area contributed by atoms with Gasteiger partial charge in [0.1, 0.15) is 6.10 Å². The van der Waals surface area contributed by atoms with E-state index in [0.717, 1.165) is 38.5 Å². The first-order valence-electron chi connectivity index (χ1n) is 11.1. The van der Waals surface area contributed by atoms with E-state index in [1.54, 1.807) is 0 Å². The van der Waals surface area contributed by atoms with Crippen molar-refractivity contribution in [3.63, 3.8) is 0 Å². The molecule has 4 nitrogen and oxygen atoms in total. The van der Waals surface area contributed by atoms with Crippen LogP contribution in [0.5, 0.6) is 0 Å². The maximum Gasteiger partial charge on any atom is 0.248 e. The Bertz CT molecular complexity index is 465. The van der Waals surface area contributed by atoms with Crippen LogP contribution in [0.3, 0.4) is 0 Å². The fraction of sp³-hybridized carbons (Fsp3) is 0.870. The zero-order valence-electron chi connectivity index (χ0n) is 19.3. The van der Waals surface area contributed by atoms with Gasteiger partial charge in [0.25, 0.3) is 0 Å². The predicted octanol–water partition coefficient (Wildman–Crippen LogP) is 5.41. The highest BCUT2D eigenvalue weighted by molar-refractivity contribution is 6.74. The van der Waals surface area contributed by atoms with Crippen molar-refractivity contribution in [2.45, 2.75) is 122 Å². The molecule has 0 aromatic carbocycles. The molecule has 0 aromatic rings. The molecule has 5 heteroatoms. The third-order valence-electron chi connectivity index (χ3n) is 5.79. The molecule has 0 aliphatic heterocycles. The summed E-state index contributed by atoms with van der Waals surface area (Å²) >= 11 is 0. The fourth-order valence-electron chi connectivity index (χ4n) is 2.87. The molecule has 164 valence electrons. The lowest BCUT2D eigenvalue weighted by Crippen LogP contribution is -2.48. The number of nitrogens with one attached hydrogen (secondary N) is 1. The Morgan fingerprint density at radius 1 is 1.07 bits per heavy atom. The van der Waals surface area contributed by atoms with E-state index >= 15 is 0 Å². The van der Waals surface area contributed by atoms with Gasteiger partial charge in [-0.15, -0.1) is 6.42 Å². The molecule has 0 radical (unpaired) electrons. The van der Waals surface area contributed by atoms with Crippen molar-refractivity contribution in [2.24, 2.45) is 0 Å². The van der Waals surface area contributed by atoms with E-state index < -0.39 is 14.4 Å². The van der Waals surface area contributed by atoms with Gasteiger partial charge < -0.3 is 14.8 Å². The highest BCUT2D eigenvalue weighted by Crippen LogP contribution is 2.37. The van der Waals surface area contributed by atoms with E-state index in [0.29, 0.717) is 6.42 Å². The molecule has 28 heavy (non-hydrogen) atoms. The molecule has 0 fully saturated rings. The van der Waals surface area contributed by atoms with Crippen LogP contribution < -0.4 is 5.32 Å². The van der Waals surface area contributed by atoms with Gasteiger partial charge in [-0.2, -0.15) is 0 Å². The van der Waals surface area contributed by atoms with Crippen LogP contribution in [0, 0.1) is 12.3 Å². The Kier molecular flexibility index (Phi) is 13.8. The summed E-state index contributed by atoms with van der Waals surface area (Å²) in [6.07, 6.45) is 14.8. The van der Waals surface area contributed by atoms with Crippen LogP contribution in [0.25, 0.3) is 0 Å². The summed E-state index contributed by atoms with van der Waals surface area (Å²) in [7, 11) is -2.03. The number of carbonyl (C=O) groups excluding carboxylic acids is 1. The van der Waals surface area contributed by atoms with Crippen LogP contribution in [0.2, 0.25) is 18.1 Å². The number of hydrogen-bond donors (Lipinski definition) is 2. The van der Waals surface area contributed by atoms with Crippen molar-refractivity contribution in [1.82, 2.24) is 5.32 Å². The summed E-state index contributed by atoms with van der Waals surface area (Å²) in [5.74, 6) is 2.36. The van der Waals surface area contributed by atoms with Gasteiger partial charge in [-0.05, 0) is 37.4 Å². The molecule has 0 rings (SSSR count). The quantitative estimate of drug-likeness (QED) is 0.215. The number of terminal acetylenes is 1. The van der Waals surface area contributed by atoms with Gasteiger partial charge in [0.05, 0.1) is 12.6 Å². The van der Waals surface area contributed by atoms with Gasteiger partial charge in [0.2, 0.25) is 5.91 Å². The summed E-state index contributed by atoms with van der Waals surface area (Å²) in [5, 5.41) is 12.9. The highest BCUT2D eigenvalue weighted by atomic mass is 28.4. The predicted molar refractivity (Wildman–Crippen MR) is 122 cm³/mol. The standard InChI is InChI=1S/C23H45NO3Si/c1-8-10-11-13-16-20(25)17-14-12-15-18-21(22(26)24-19-9-2)27-28(6,7)23(3,4)5/h2,20-21,25H,8,10-19H2,1,3-7H3,(H,24,26)/t20-,21-/m1/s1.